The predicted molar refractivity (Wildman–Crippen MR) is 272 cm³/mol. The quantitative estimate of drug-likeness (QED) is 0.0294. The van der Waals surface area contributed by atoms with Gasteiger partial charge in [0.1, 0.15) is 11.6 Å². The molecule has 0 aromatic heterocycles. The van der Waals surface area contributed by atoms with Gasteiger partial charge in [-0.05, 0) is 53.6 Å². The van der Waals surface area contributed by atoms with Crippen LogP contribution in [0.4, 0.5) is 0 Å². The molecule has 1 saturated heterocycles. The number of ether oxygens (including phenoxy) is 4. The summed E-state index contributed by atoms with van der Waals surface area (Å²) in [7, 11) is 0. The number of rotatable bonds is 18. The number of carbonyl (C=O) groups is 6. The van der Waals surface area contributed by atoms with Gasteiger partial charge in [0.2, 0.25) is 0 Å². The van der Waals surface area contributed by atoms with Crippen LogP contribution < -0.4 is 9.47 Å². The van der Waals surface area contributed by atoms with Gasteiger partial charge in [-0.1, -0.05) is 170 Å². The number of fused-ring (bicyclic) bond motifs is 2. The van der Waals surface area contributed by atoms with Gasteiger partial charge >= 0.3 is 23.9 Å². The Morgan fingerprint density at radius 3 is 1.44 bits per heavy atom. The van der Waals surface area contributed by atoms with E-state index in [2.05, 4.69) is 48.1 Å². The van der Waals surface area contributed by atoms with Gasteiger partial charge < -0.3 is 18.9 Å². The maximum absolute atomic E-state index is 14.7. The van der Waals surface area contributed by atoms with E-state index in [1.807, 2.05) is 80.6 Å². The molecule has 2 amide bonds. The topological polar surface area (TPSA) is 170 Å². The van der Waals surface area contributed by atoms with Crippen LogP contribution in [0.5, 0.6) is 11.5 Å². The second-order valence-corrected chi connectivity index (χ2v) is 24.6. The van der Waals surface area contributed by atoms with Crippen molar-refractivity contribution in [1.82, 2.24) is 10.0 Å². The lowest BCUT2D eigenvalue weighted by Crippen LogP contribution is -2.39. The molecule has 0 N–H and O–H groups in total. The first-order valence-electron chi connectivity index (χ1n) is 23.0. The fourth-order valence-corrected chi connectivity index (χ4v) is 13.6. The highest BCUT2D eigenvalue weighted by atomic mass is 32.2. The second-order valence-electron chi connectivity index (χ2n) is 20.0. The van der Waals surface area contributed by atoms with Gasteiger partial charge in [-0.2, -0.15) is 5.26 Å². The molecule has 2 unspecified atom stereocenters. The summed E-state index contributed by atoms with van der Waals surface area (Å²) in [5.41, 5.74) is 1.29. The Morgan fingerprint density at radius 2 is 1.06 bits per heavy atom. The third kappa shape index (κ3) is 13.9. The number of benzene rings is 3. The van der Waals surface area contributed by atoms with Gasteiger partial charge in [0, 0.05) is 24.8 Å². The summed E-state index contributed by atoms with van der Waals surface area (Å²) in [4.78, 5) is 84.3. The minimum Gasteiger partial charge on any atom is -0.462 e. The smallest absolute Gasteiger partial charge is 0.350 e. The van der Waals surface area contributed by atoms with E-state index in [0.29, 0.717) is 23.8 Å². The van der Waals surface area contributed by atoms with Crippen molar-refractivity contribution in [1.29, 1.82) is 5.26 Å². The Morgan fingerprint density at radius 1 is 0.657 bits per heavy atom. The van der Waals surface area contributed by atoms with Crippen molar-refractivity contribution in [3.05, 3.63) is 104 Å². The monoisotopic (exact) mass is 1030 g/mol. The Labute approximate surface area is 427 Å². The van der Waals surface area contributed by atoms with Gasteiger partial charge in [-0.25, -0.2) is 19.6 Å². The fraction of sp³-hybridized carbons (Fsp3) is 0.415. The molecule has 1 fully saturated rings. The van der Waals surface area contributed by atoms with E-state index in [0.717, 1.165) is 71.0 Å². The molecular formula is C53H59N3O10S4. The summed E-state index contributed by atoms with van der Waals surface area (Å²) in [6, 6.07) is 20.7. The average molecular weight is 1030 g/mol. The van der Waals surface area contributed by atoms with Crippen LogP contribution in [0.1, 0.15) is 106 Å². The molecule has 70 heavy (non-hydrogen) atoms. The van der Waals surface area contributed by atoms with E-state index >= 15 is 0 Å². The number of amides is 2. The zero-order valence-electron chi connectivity index (χ0n) is 41.1. The Hall–Kier alpha value is -5.41. The van der Waals surface area contributed by atoms with Gasteiger partial charge in [0.15, 0.2) is 17.1 Å². The molecule has 3 aromatic rings. The van der Waals surface area contributed by atoms with E-state index in [1.54, 1.807) is 0 Å². The SMILES string of the molecule is C=C(C)C(=O)OCCCOC(=O)C(C#N)=C1Sc2c(OC(=O)CC(C)CC(C)(C)C)c3c(c(OC(=O)CC(C)CC(C)(C)C)c2S1)SC(=C1C(=O)N(Cc2ccccc2)N(Cc2ccccc2)C1=O)S3. The number of nitrogens with zero attached hydrogens (tertiary/aromatic N) is 3. The van der Waals surface area contributed by atoms with Crippen LogP contribution in [0.3, 0.4) is 0 Å². The zero-order chi connectivity index (χ0) is 51.1. The third-order valence-corrected chi connectivity index (χ3v) is 16.0. The molecule has 3 aliphatic heterocycles. The fourth-order valence-electron chi connectivity index (χ4n) is 8.24. The molecule has 13 nitrogen and oxygen atoms in total. The normalized spacial score (nSPS) is 15.3. The second kappa shape index (κ2) is 23.2. The minimum atomic E-state index is -0.928. The molecule has 0 aliphatic carbocycles. The van der Waals surface area contributed by atoms with Crippen LogP contribution in [0.25, 0.3) is 0 Å². The van der Waals surface area contributed by atoms with Crippen molar-refractivity contribution in [2.45, 2.75) is 127 Å². The maximum atomic E-state index is 14.7. The Balaban J connectivity index is 1.45. The molecular weight excluding hydrogens is 967 g/mol. The van der Waals surface area contributed by atoms with E-state index in [1.165, 1.54) is 16.9 Å². The van der Waals surface area contributed by atoms with Gasteiger partial charge in [-0.3, -0.25) is 19.2 Å². The molecule has 3 aromatic carbocycles. The van der Waals surface area contributed by atoms with Crippen LogP contribution in [0, 0.1) is 34.0 Å². The van der Waals surface area contributed by atoms with E-state index < -0.39 is 35.7 Å². The largest absolute Gasteiger partial charge is 0.462 e. The highest BCUT2D eigenvalue weighted by Gasteiger charge is 2.47. The Bertz CT molecular complexity index is 2520. The molecule has 0 radical (unpaired) electrons. The molecule has 2 atom stereocenters. The molecule has 17 heteroatoms. The first-order valence-corrected chi connectivity index (χ1v) is 26.3. The van der Waals surface area contributed by atoms with Crippen LogP contribution in [0.2, 0.25) is 0 Å². The predicted octanol–water partition coefficient (Wildman–Crippen LogP) is 11.8. The summed E-state index contributed by atoms with van der Waals surface area (Å²) >= 11 is 4.13. The van der Waals surface area contributed by atoms with Crippen LogP contribution >= 0.6 is 47.0 Å². The molecule has 0 spiro atoms. The van der Waals surface area contributed by atoms with E-state index in [4.69, 9.17) is 18.9 Å². The maximum Gasteiger partial charge on any atom is 0.350 e. The molecule has 3 aliphatic rings. The number of nitriles is 1. The summed E-state index contributed by atoms with van der Waals surface area (Å²) in [6.07, 6.45) is 1.75. The lowest BCUT2D eigenvalue weighted by molar-refractivity contribution is -0.149. The molecule has 0 bridgehead atoms. The number of thioether (sulfide) groups is 4. The summed E-state index contributed by atoms with van der Waals surface area (Å²) in [5, 5.41) is 13.3. The van der Waals surface area contributed by atoms with E-state index in [9.17, 15) is 34.0 Å². The Kier molecular flexibility index (Phi) is 17.9. The number of esters is 4. The minimum absolute atomic E-state index is 0.0368. The highest BCUT2D eigenvalue weighted by Crippen LogP contribution is 2.69. The first-order chi connectivity index (χ1) is 33.0. The van der Waals surface area contributed by atoms with Crippen molar-refractivity contribution in [2.75, 3.05) is 13.2 Å². The van der Waals surface area contributed by atoms with Gasteiger partial charge in [-0.15, -0.1) is 0 Å². The van der Waals surface area contributed by atoms with Gasteiger partial charge in [0.25, 0.3) is 11.8 Å². The number of hydrogen-bond acceptors (Lipinski definition) is 15. The van der Waals surface area contributed by atoms with Crippen molar-refractivity contribution in [3.63, 3.8) is 0 Å². The molecule has 3 heterocycles. The zero-order valence-corrected chi connectivity index (χ0v) is 44.3. The van der Waals surface area contributed by atoms with Crippen LogP contribution in [-0.2, 0) is 51.3 Å². The van der Waals surface area contributed by atoms with Crippen LogP contribution in [-0.4, -0.2) is 58.9 Å². The summed E-state index contributed by atoms with van der Waals surface area (Å²) in [5.74, 6) is -3.59. The van der Waals surface area contributed by atoms with Gasteiger partial charge in [0.05, 0.1) is 54.4 Å². The van der Waals surface area contributed by atoms with Crippen molar-refractivity contribution in [3.8, 4) is 17.6 Å². The average Bonchev–Trinajstić information content (AvgIpc) is 3.96. The standard InChI is InChI=1S/C53H59N3O10S4/c1-31(2)48(61)63-22-17-23-64-49(62)36(28-54)50-67-42-40(65-37(57)24-32(3)26-52(5,6)7)44-45(41(43(42)68-50)66-38(58)25-33(4)27-53(8,9)10)70-51(69-44)39-46(59)55(29-34-18-13-11-14-19-34)56(47(39)60)30-35-20-15-12-16-21-35/h11-16,18-21,32-33H,1,17,22-27,29-30H2,2-10H3. The van der Waals surface area contributed by atoms with Crippen molar-refractivity contribution in [2.24, 2.45) is 22.7 Å². The number of hydrogen-bond donors (Lipinski definition) is 0. The highest BCUT2D eigenvalue weighted by molar-refractivity contribution is 8.26. The third-order valence-electron chi connectivity index (χ3n) is 10.8. The van der Waals surface area contributed by atoms with Crippen molar-refractivity contribution >= 4 is 82.7 Å². The van der Waals surface area contributed by atoms with Crippen LogP contribution in [0.15, 0.2) is 112 Å². The molecule has 0 saturated carbocycles. The summed E-state index contributed by atoms with van der Waals surface area (Å²) in [6.45, 7) is 21.6. The summed E-state index contributed by atoms with van der Waals surface area (Å²) < 4.78 is 23.8. The van der Waals surface area contributed by atoms with E-state index in [-0.39, 0.29) is 101 Å². The number of hydrazine groups is 1. The molecule has 6 rings (SSSR count). The lowest BCUT2D eigenvalue weighted by atomic mass is 9.84. The van der Waals surface area contributed by atoms with Crippen molar-refractivity contribution < 1.29 is 47.7 Å². The first kappa shape index (κ1) is 53.9. The lowest BCUT2D eigenvalue weighted by Gasteiger charge is -2.27. The number of carbonyl (C=O) groups excluding carboxylic acids is 6. The molecule has 370 valence electrons.